The monoisotopic (exact) mass is 806 g/mol. The summed E-state index contributed by atoms with van der Waals surface area (Å²) >= 11 is 8.66. The van der Waals surface area contributed by atoms with Crippen molar-refractivity contribution in [3.63, 3.8) is 0 Å². The molecule has 1 aromatic rings. The van der Waals surface area contributed by atoms with Gasteiger partial charge < -0.3 is 9.68 Å². The Hall–Kier alpha value is -0.560. The summed E-state index contributed by atoms with van der Waals surface area (Å²) in [6.07, 6.45) is 0. The predicted molar refractivity (Wildman–Crippen MR) is 133 cm³/mol. The van der Waals surface area contributed by atoms with Gasteiger partial charge in [-0.25, -0.2) is 9.59 Å². The zero-order valence-electron chi connectivity index (χ0n) is 15.5. The fourth-order valence-electron chi connectivity index (χ4n) is 2.10. The van der Waals surface area contributed by atoms with Crippen LogP contribution in [0.25, 0.3) is 0 Å². The number of Topliss-reactive ketones (excluding diaryl/α,β-unsaturated/α-hetero) is 1. The third-order valence-electron chi connectivity index (χ3n) is 3.09. The lowest BCUT2D eigenvalue weighted by Crippen LogP contribution is -2.36. The average molecular weight is 807 g/mol. The summed E-state index contributed by atoms with van der Waals surface area (Å²) in [5.74, 6) is -3.15. The molecule has 2 amide bonds. The van der Waals surface area contributed by atoms with Crippen LogP contribution in [-0.4, -0.2) is 34.9 Å². The number of rotatable bonds is 4. The average Bonchev–Trinajstić information content (AvgIpc) is 2.58. The maximum absolute atomic E-state index is 12.6. The molecular formula is C16H14BrI3N2O7. The number of halogens is 4. The van der Waals surface area contributed by atoms with Gasteiger partial charge in [-0.05, 0) is 67.8 Å². The van der Waals surface area contributed by atoms with E-state index in [1.54, 1.807) is 0 Å². The van der Waals surface area contributed by atoms with Crippen molar-refractivity contribution in [1.82, 2.24) is 0 Å². The standard InChI is InChI=1S/C16H14BrI3N2O7/c1-6(23)21(28-8(3)25)15-12(18)11(10(27)5-17)13(19)16(14(15)20)22(7(2)24)29-9(4)26/h5H2,1-4H3. The number of carbonyl (C=O) groups is 5. The molecule has 0 spiro atoms. The first-order valence-corrected chi connectivity index (χ1v) is 12.0. The van der Waals surface area contributed by atoms with Gasteiger partial charge >= 0.3 is 11.9 Å². The van der Waals surface area contributed by atoms with Gasteiger partial charge in [-0.1, -0.05) is 15.9 Å². The van der Waals surface area contributed by atoms with Crippen molar-refractivity contribution in [2.75, 3.05) is 15.5 Å². The third-order valence-corrected chi connectivity index (χ3v) is 6.72. The van der Waals surface area contributed by atoms with Crippen LogP contribution in [0.15, 0.2) is 0 Å². The van der Waals surface area contributed by atoms with Gasteiger partial charge in [0.1, 0.15) is 11.4 Å². The Morgan fingerprint density at radius 1 is 0.759 bits per heavy atom. The Labute approximate surface area is 215 Å². The zero-order valence-corrected chi connectivity index (χ0v) is 23.5. The van der Waals surface area contributed by atoms with Crippen LogP contribution < -0.4 is 10.1 Å². The first-order valence-electron chi connectivity index (χ1n) is 7.63. The Bertz CT molecular complexity index is 846. The van der Waals surface area contributed by atoms with Crippen LogP contribution in [-0.2, 0) is 28.9 Å². The highest BCUT2D eigenvalue weighted by Crippen LogP contribution is 2.43. The molecule has 0 N–H and O–H groups in total. The molecule has 0 heterocycles. The van der Waals surface area contributed by atoms with E-state index in [1.165, 1.54) is 13.8 Å². The molecule has 9 nitrogen and oxygen atoms in total. The van der Waals surface area contributed by atoms with Gasteiger partial charge in [0, 0.05) is 33.3 Å². The number of anilines is 2. The molecule has 158 valence electrons. The number of hydrogen-bond acceptors (Lipinski definition) is 7. The van der Waals surface area contributed by atoms with E-state index in [4.69, 9.17) is 9.68 Å². The quantitative estimate of drug-likeness (QED) is 0.198. The number of nitrogens with zero attached hydrogens (tertiary/aromatic N) is 2. The Morgan fingerprint density at radius 3 is 1.34 bits per heavy atom. The minimum absolute atomic E-state index is 0.0419. The number of hydrogen-bond donors (Lipinski definition) is 0. The van der Waals surface area contributed by atoms with Gasteiger partial charge in [0.25, 0.3) is 11.8 Å². The van der Waals surface area contributed by atoms with E-state index in [1.807, 2.05) is 67.8 Å². The lowest BCUT2D eigenvalue weighted by molar-refractivity contribution is -0.147. The maximum Gasteiger partial charge on any atom is 0.330 e. The Kier molecular flexibility index (Phi) is 10.2. The first-order chi connectivity index (χ1) is 13.3. The SMILES string of the molecule is CC(=O)ON(C(C)=O)c1c(I)c(C(=O)CBr)c(I)c(N(OC(C)=O)C(C)=O)c1I. The zero-order chi connectivity index (χ0) is 22.6. The molecule has 0 unspecified atom stereocenters. The number of alkyl halides is 1. The van der Waals surface area contributed by atoms with Gasteiger partial charge in [0.15, 0.2) is 5.78 Å². The number of benzene rings is 1. The molecule has 0 aliphatic carbocycles. The Morgan fingerprint density at radius 2 is 1.10 bits per heavy atom. The van der Waals surface area contributed by atoms with Gasteiger partial charge in [-0.3, -0.25) is 14.4 Å². The molecule has 0 radical (unpaired) electrons. The normalized spacial score (nSPS) is 10.2. The summed E-state index contributed by atoms with van der Waals surface area (Å²) < 4.78 is 0.912. The van der Waals surface area contributed by atoms with Crippen LogP contribution in [0.2, 0.25) is 0 Å². The molecular weight excluding hydrogens is 793 g/mol. The van der Waals surface area contributed by atoms with E-state index >= 15 is 0 Å². The van der Waals surface area contributed by atoms with E-state index in [0.29, 0.717) is 7.14 Å². The summed E-state index contributed by atoms with van der Waals surface area (Å²) in [5, 5.41) is 1.44. The van der Waals surface area contributed by atoms with E-state index < -0.39 is 23.8 Å². The second-order valence-electron chi connectivity index (χ2n) is 5.36. The van der Waals surface area contributed by atoms with E-state index in [-0.39, 0.29) is 31.6 Å². The number of amides is 2. The van der Waals surface area contributed by atoms with E-state index in [9.17, 15) is 24.0 Å². The van der Waals surface area contributed by atoms with Crippen molar-refractivity contribution in [2.24, 2.45) is 0 Å². The van der Waals surface area contributed by atoms with Gasteiger partial charge in [-0.15, -0.1) is 10.1 Å². The summed E-state index contributed by atoms with van der Waals surface area (Å²) in [5.41, 5.74) is 0.323. The van der Waals surface area contributed by atoms with Crippen LogP contribution in [0, 0.1) is 10.7 Å². The molecule has 13 heteroatoms. The molecule has 0 saturated heterocycles. The number of ketones is 1. The van der Waals surface area contributed by atoms with Gasteiger partial charge in [0.2, 0.25) is 0 Å². The molecule has 0 saturated carbocycles. The fourth-order valence-corrected chi connectivity index (χ4v) is 7.02. The van der Waals surface area contributed by atoms with Crippen LogP contribution in [0.3, 0.4) is 0 Å². The van der Waals surface area contributed by atoms with Crippen LogP contribution in [0.5, 0.6) is 0 Å². The number of hydroxylamine groups is 2. The molecule has 0 bridgehead atoms. The third kappa shape index (κ3) is 6.22. The van der Waals surface area contributed by atoms with E-state index in [2.05, 4.69) is 15.9 Å². The predicted octanol–water partition coefficient (Wildman–Crippen LogP) is 3.74. The van der Waals surface area contributed by atoms with Crippen molar-refractivity contribution in [3.8, 4) is 0 Å². The van der Waals surface area contributed by atoms with Crippen molar-refractivity contribution >= 4 is 125 Å². The highest BCUT2D eigenvalue weighted by atomic mass is 127. The Balaban J connectivity index is 4.06. The molecule has 1 aromatic carbocycles. The fraction of sp³-hybridized carbons (Fsp3) is 0.312. The van der Waals surface area contributed by atoms with Gasteiger partial charge in [0.05, 0.1) is 16.0 Å². The summed E-state index contributed by atoms with van der Waals surface area (Å²) in [6, 6.07) is 0. The molecule has 29 heavy (non-hydrogen) atoms. The van der Waals surface area contributed by atoms with Crippen molar-refractivity contribution in [1.29, 1.82) is 0 Å². The van der Waals surface area contributed by atoms with Crippen molar-refractivity contribution < 1.29 is 33.6 Å². The molecule has 0 atom stereocenters. The number of carbonyl (C=O) groups excluding carboxylic acids is 5. The van der Waals surface area contributed by atoms with Crippen molar-refractivity contribution in [3.05, 3.63) is 16.3 Å². The van der Waals surface area contributed by atoms with Crippen LogP contribution >= 0.6 is 83.7 Å². The van der Waals surface area contributed by atoms with E-state index in [0.717, 1.165) is 24.0 Å². The molecule has 1 rings (SSSR count). The second-order valence-corrected chi connectivity index (χ2v) is 9.16. The second kappa shape index (κ2) is 11.2. The minimum atomic E-state index is -0.760. The maximum atomic E-state index is 12.6. The van der Waals surface area contributed by atoms with Crippen LogP contribution in [0.1, 0.15) is 38.1 Å². The summed E-state index contributed by atoms with van der Waals surface area (Å²) in [4.78, 5) is 70.2. The molecule has 0 aliphatic heterocycles. The molecule has 0 aliphatic rings. The van der Waals surface area contributed by atoms with Crippen molar-refractivity contribution in [2.45, 2.75) is 27.7 Å². The van der Waals surface area contributed by atoms with Gasteiger partial charge in [-0.2, -0.15) is 0 Å². The summed E-state index contributed by atoms with van der Waals surface area (Å²) in [6.45, 7) is 4.59. The summed E-state index contributed by atoms with van der Waals surface area (Å²) in [7, 11) is 0. The molecule has 0 aromatic heterocycles. The lowest BCUT2D eigenvalue weighted by Gasteiger charge is -2.28. The minimum Gasteiger partial charge on any atom is -0.333 e. The largest absolute Gasteiger partial charge is 0.333 e. The highest BCUT2D eigenvalue weighted by Gasteiger charge is 2.34. The molecule has 0 fully saturated rings. The highest BCUT2D eigenvalue weighted by molar-refractivity contribution is 14.1. The van der Waals surface area contributed by atoms with Crippen LogP contribution in [0.4, 0.5) is 11.4 Å². The smallest absolute Gasteiger partial charge is 0.330 e. The lowest BCUT2D eigenvalue weighted by atomic mass is 10.1. The first kappa shape index (κ1) is 26.5. The topological polar surface area (TPSA) is 110 Å².